The Morgan fingerprint density at radius 3 is 2.55 bits per heavy atom. The maximum Gasteiger partial charge on any atom is 0.255 e. The van der Waals surface area contributed by atoms with Crippen LogP contribution in [0.2, 0.25) is 10.3 Å². The number of nitrogens with zero attached hydrogens (tertiary/aromatic N) is 1. The van der Waals surface area contributed by atoms with Gasteiger partial charge < -0.3 is 5.32 Å². The van der Waals surface area contributed by atoms with Gasteiger partial charge in [0, 0.05) is 10.5 Å². The molecule has 0 spiro atoms. The minimum absolute atomic E-state index is 0.193. The zero-order valence-corrected chi connectivity index (χ0v) is 13.0. The number of amides is 1. The standard InChI is InChI=1S/C14H12Cl2N2OS/c1-2-20-11-6-4-3-5-10(11)17-14(19)9-7-12(15)18-13(16)8-9/h3-8H,2H2,1H3,(H,17,19). The number of carbonyl (C=O) groups is 1. The van der Waals surface area contributed by atoms with Crippen LogP contribution in [0.3, 0.4) is 0 Å². The van der Waals surface area contributed by atoms with Crippen molar-refractivity contribution < 1.29 is 4.79 Å². The van der Waals surface area contributed by atoms with E-state index in [1.54, 1.807) is 11.8 Å². The predicted octanol–water partition coefficient (Wildman–Crippen LogP) is 4.75. The topological polar surface area (TPSA) is 42.0 Å². The third kappa shape index (κ3) is 3.88. The Hall–Kier alpha value is -1.23. The number of hydrogen-bond donors (Lipinski definition) is 1. The van der Waals surface area contributed by atoms with E-state index in [1.165, 1.54) is 12.1 Å². The third-order valence-electron chi connectivity index (χ3n) is 2.46. The van der Waals surface area contributed by atoms with Crippen LogP contribution in [-0.4, -0.2) is 16.6 Å². The first-order chi connectivity index (χ1) is 9.60. The number of anilines is 1. The van der Waals surface area contributed by atoms with E-state index >= 15 is 0 Å². The van der Waals surface area contributed by atoms with Crippen LogP contribution in [0.1, 0.15) is 17.3 Å². The number of pyridine rings is 1. The molecule has 0 saturated carbocycles. The molecule has 0 bridgehead atoms. The molecule has 2 rings (SSSR count). The smallest absolute Gasteiger partial charge is 0.255 e. The summed E-state index contributed by atoms with van der Waals surface area (Å²) in [7, 11) is 0. The van der Waals surface area contributed by atoms with Crippen LogP contribution < -0.4 is 5.32 Å². The largest absolute Gasteiger partial charge is 0.321 e. The molecule has 0 fully saturated rings. The quantitative estimate of drug-likeness (QED) is 0.651. The first kappa shape index (κ1) is 15.2. The van der Waals surface area contributed by atoms with Crippen LogP contribution in [0.5, 0.6) is 0 Å². The minimum Gasteiger partial charge on any atom is -0.321 e. The Morgan fingerprint density at radius 1 is 1.25 bits per heavy atom. The second-order valence-electron chi connectivity index (χ2n) is 3.88. The summed E-state index contributed by atoms with van der Waals surface area (Å²) in [6.07, 6.45) is 0. The van der Waals surface area contributed by atoms with Gasteiger partial charge in [-0.2, -0.15) is 0 Å². The van der Waals surface area contributed by atoms with Gasteiger partial charge in [-0.1, -0.05) is 42.3 Å². The van der Waals surface area contributed by atoms with Crippen molar-refractivity contribution in [2.75, 3.05) is 11.1 Å². The van der Waals surface area contributed by atoms with Crippen molar-refractivity contribution in [1.29, 1.82) is 0 Å². The van der Waals surface area contributed by atoms with Gasteiger partial charge in [0.15, 0.2) is 0 Å². The lowest BCUT2D eigenvalue weighted by Gasteiger charge is -2.10. The lowest BCUT2D eigenvalue weighted by molar-refractivity contribution is 0.102. The van der Waals surface area contributed by atoms with Crippen molar-refractivity contribution in [1.82, 2.24) is 4.98 Å². The Morgan fingerprint density at radius 2 is 1.90 bits per heavy atom. The summed E-state index contributed by atoms with van der Waals surface area (Å²) in [5.41, 5.74) is 1.15. The van der Waals surface area contributed by atoms with E-state index in [0.717, 1.165) is 16.3 Å². The van der Waals surface area contributed by atoms with Gasteiger partial charge in [-0.05, 0) is 30.0 Å². The number of hydrogen-bond acceptors (Lipinski definition) is 3. The Balaban J connectivity index is 2.23. The number of nitrogens with one attached hydrogen (secondary N) is 1. The molecule has 0 radical (unpaired) electrons. The number of carbonyl (C=O) groups excluding carboxylic acids is 1. The summed E-state index contributed by atoms with van der Waals surface area (Å²) in [4.78, 5) is 17.0. The van der Waals surface area contributed by atoms with Gasteiger partial charge in [-0.25, -0.2) is 4.98 Å². The van der Waals surface area contributed by atoms with Crippen LogP contribution in [0.25, 0.3) is 0 Å². The highest BCUT2D eigenvalue weighted by molar-refractivity contribution is 7.99. The SMILES string of the molecule is CCSc1ccccc1NC(=O)c1cc(Cl)nc(Cl)c1. The lowest BCUT2D eigenvalue weighted by atomic mass is 10.2. The second-order valence-corrected chi connectivity index (χ2v) is 5.96. The van der Waals surface area contributed by atoms with E-state index in [-0.39, 0.29) is 16.2 Å². The van der Waals surface area contributed by atoms with Gasteiger partial charge in [-0.3, -0.25) is 4.79 Å². The highest BCUT2D eigenvalue weighted by atomic mass is 35.5. The van der Waals surface area contributed by atoms with Gasteiger partial charge in [0.2, 0.25) is 0 Å². The molecule has 0 aliphatic heterocycles. The van der Waals surface area contributed by atoms with Gasteiger partial charge in [0.1, 0.15) is 10.3 Å². The molecule has 0 saturated heterocycles. The van der Waals surface area contributed by atoms with E-state index in [2.05, 4.69) is 17.2 Å². The van der Waals surface area contributed by atoms with Crippen molar-refractivity contribution in [2.45, 2.75) is 11.8 Å². The van der Waals surface area contributed by atoms with E-state index in [1.807, 2.05) is 24.3 Å². The molecular formula is C14H12Cl2N2OS. The molecule has 3 nitrogen and oxygen atoms in total. The predicted molar refractivity (Wildman–Crippen MR) is 85.1 cm³/mol. The molecule has 1 aromatic heterocycles. The first-order valence-corrected chi connectivity index (χ1v) is 7.70. The molecule has 0 atom stereocenters. The summed E-state index contributed by atoms with van der Waals surface area (Å²) in [5.74, 6) is 0.667. The van der Waals surface area contributed by atoms with Gasteiger partial charge >= 0.3 is 0 Å². The molecule has 1 heterocycles. The van der Waals surface area contributed by atoms with Crippen LogP contribution >= 0.6 is 35.0 Å². The molecule has 1 N–H and O–H groups in total. The molecular weight excluding hydrogens is 315 g/mol. The third-order valence-corrected chi connectivity index (χ3v) is 3.80. The summed E-state index contributed by atoms with van der Waals surface area (Å²) < 4.78 is 0. The first-order valence-electron chi connectivity index (χ1n) is 5.96. The summed E-state index contributed by atoms with van der Waals surface area (Å²) in [6.45, 7) is 2.06. The summed E-state index contributed by atoms with van der Waals surface area (Å²) in [6, 6.07) is 10.6. The Kier molecular flexibility index (Phi) is 5.29. The zero-order valence-electron chi connectivity index (χ0n) is 10.7. The van der Waals surface area contributed by atoms with Crippen LogP contribution in [-0.2, 0) is 0 Å². The second kappa shape index (κ2) is 6.97. The number of para-hydroxylation sites is 1. The van der Waals surface area contributed by atoms with E-state index in [4.69, 9.17) is 23.2 Å². The maximum absolute atomic E-state index is 12.2. The molecule has 6 heteroatoms. The van der Waals surface area contributed by atoms with Crippen molar-refractivity contribution in [3.8, 4) is 0 Å². The number of benzene rings is 1. The van der Waals surface area contributed by atoms with Gasteiger partial charge in [-0.15, -0.1) is 11.8 Å². The van der Waals surface area contributed by atoms with E-state index in [9.17, 15) is 4.79 Å². The monoisotopic (exact) mass is 326 g/mol. The number of rotatable bonds is 4. The average Bonchev–Trinajstić information content (AvgIpc) is 2.40. The molecule has 0 aliphatic rings. The molecule has 2 aromatic rings. The van der Waals surface area contributed by atoms with E-state index < -0.39 is 0 Å². The van der Waals surface area contributed by atoms with Gasteiger partial charge in [0.25, 0.3) is 5.91 Å². The molecule has 0 unspecified atom stereocenters. The van der Waals surface area contributed by atoms with Crippen molar-refractivity contribution >= 4 is 46.6 Å². The molecule has 1 amide bonds. The fourth-order valence-electron chi connectivity index (χ4n) is 1.64. The fourth-order valence-corrected chi connectivity index (χ4v) is 2.86. The van der Waals surface area contributed by atoms with Gasteiger partial charge in [0.05, 0.1) is 5.69 Å². The Bertz CT molecular complexity index is 614. The lowest BCUT2D eigenvalue weighted by Crippen LogP contribution is -2.12. The van der Waals surface area contributed by atoms with Crippen LogP contribution in [0.4, 0.5) is 5.69 Å². The average molecular weight is 327 g/mol. The van der Waals surface area contributed by atoms with Crippen molar-refractivity contribution in [3.05, 3.63) is 52.3 Å². The number of thioether (sulfide) groups is 1. The Labute approximate surface area is 131 Å². The number of halogens is 2. The highest BCUT2D eigenvalue weighted by Crippen LogP contribution is 2.27. The van der Waals surface area contributed by atoms with Crippen LogP contribution in [0.15, 0.2) is 41.3 Å². The number of aromatic nitrogens is 1. The minimum atomic E-state index is -0.264. The highest BCUT2D eigenvalue weighted by Gasteiger charge is 2.11. The van der Waals surface area contributed by atoms with E-state index in [0.29, 0.717) is 5.56 Å². The maximum atomic E-state index is 12.2. The molecule has 104 valence electrons. The van der Waals surface area contributed by atoms with Crippen molar-refractivity contribution in [2.24, 2.45) is 0 Å². The molecule has 1 aromatic carbocycles. The molecule has 20 heavy (non-hydrogen) atoms. The molecule has 0 aliphatic carbocycles. The summed E-state index contributed by atoms with van der Waals surface area (Å²) in [5, 5.41) is 3.25. The zero-order chi connectivity index (χ0) is 14.5. The fraction of sp³-hybridized carbons (Fsp3) is 0.143. The normalized spacial score (nSPS) is 10.3. The van der Waals surface area contributed by atoms with Crippen molar-refractivity contribution in [3.63, 3.8) is 0 Å². The summed E-state index contributed by atoms with van der Waals surface area (Å²) >= 11 is 13.3. The van der Waals surface area contributed by atoms with Crippen LogP contribution in [0, 0.1) is 0 Å².